The Balaban J connectivity index is 1.57. The zero-order valence-electron chi connectivity index (χ0n) is 14.5. The van der Waals surface area contributed by atoms with Gasteiger partial charge in [0.25, 0.3) is 0 Å². The molecule has 3 fully saturated rings. The van der Waals surface area contributed by atoms with Gasteiger partial charge in [-0.05, 0) is 43.4 Å². The van der Waals surface area contributed by atoms with Gasteiger partial charge >= 0.3 is 5.97 Å². The molecule has 1 unspecified atom stereocenters. The van der Waals surface area contributed by atoms with Crippen LogP contribution in [0.5, 0.6) is 0 Å². The summed E-state index contributed by atoms with van der Waals surface area (Å²) in [5.41, 5.74) is -0.126. The summed E-state index contributed by atoms with van der Waals surface area (Å²) in [7, 11) is 0. The number of carboxylic acids is 1. The van der Waals surface area contributed by atoms with Crippen molar-refractivity contribution in [2.45, 2.75) is 64.3 Å². The minimum absolute atomic E-state index is 0.126. The number of piperidine rings is 1. The molecule has 0 aromatic carbocycles. The van der Waals surface area contributed by atoms with Gasteiger partial charge < -0.3 is 14.9 Å². The first-order chi connectivity index (χ1) is 11.4. The normalized spacial score (nSPS) is 27.0. The largest absolute Gasteiger partial charge is 0.480 e. The Kier molecular flexibility index (Phi) is 4.83. The molecule has 0 radical (unpaired) electrons. The number of hydrogen-bond acceptors (Lipinski definition) is 3. The summed E-state index contributed by atoms with van der Waals surface area (Å²) in [6.45, 7) is 3.35. The number of hydrogen-bond donors (Lipinski definition) is 1. The molecule has 3 rings (SSSR count). The molecular formula is C18H28N2O4. The van der Waals surface area contributed by atoms with Crippen molar-refractivity contribution in [2.75, 3.05) is 19.6 Å². The number of nitrogens with zero attached hydrogens (tertiary/aromatic N) is 2. The van der Waals surface area contributed by atoms with Gasteiger partial charge in [0.2, 0.25) is 11.8 Å². The van der Waals surface area contributed by atoms with Crippen molar-refractivity contribution in [3.63, 3.8) is 0 Å². The molecule has 0 bridgehead atoms. The molecule has 2 saturated heterocycles. The lowest BCUT2D eigenvalue weighted by Crippen LogP contribution is -2.45. The van der Waals surface area contributed by atoms with E-state index in [1.54, 1.807) is 0 Å². The van der Waals surface area contributed by atoms with E-state index in [0.717, 1.165) is 12.8 Å². The van der Waals surface area contributed by atoms with E-state index in [2.05, 4.69) is 0 Å². The van der Waals surface area contributed by atoms with Gasteiger partial charge in [-0.3, -0.25) is 9.59 Å². The molecule has 1 N–H and O–H groups in total. The van der Waals surface area contributed by atoms with Crippen LogP contribution in [0.3, 0.4) is 0 Å². The first-order valence-electron chi connectivity index (χ1n) is 9.18. The van der Waals surface area contributed by atoms with Crippen molar-refractivity contribution < 1.29 is 19.5 Å². The summed E-state index contributed by atoms with van der Waals surface area (Å²) in [4.78, 5) is 39.1. The third-order valence-electron chi connectivity index (χ3n) is 6.31. The molecule has 1 saturated carbocycles. The number of carbonyl (C=O) groups is 3. The molecule has 6 heteroatoms. The van der Waals surface area contributed by atoms with Crippen LogP contribution in [0, 0.1) is 11.3 Å². The minimum atomic E-state index is -0.915. The SMILES string of the molecule is CC(=O)N1CC2(CCN(C(=O)CC3CCCC3)CC2)CC1C(=O)O. The molecule has 1 atom stereocenters. The van der Waals surface area contributed by atoms with Crippen molar-refractivity contribution in [1.82, 2.24) is 9.80 Å². The second-order valence-electron chi connectivity index (χ2n) is 7.94. The van der Waals surface area contributed by atoms with E-state index in [1.165, 1.54) is 37.5 Å². The summed E-state index contributed by atoms with van der Waals surface area (Å²) >= 11 is 0. The van der Waals surface area contributed by atoms with E-state index in [9.17, 15) is 19.5 Å². The predicted molar refractivity (Wildman–Crippen MR) is 88.2 cm³/mol. The summed E-state index contributed by atoms with van der Waals surface area (Å²) in [5, 5.41) is 9.39. The van der Waals surface area contributed by atoms with E-state index < -0.39 is 12.0 Å². The number of aliphatic carboxylic acids is 1. The predicted octanol–water partition coefficient (Wildman–Crippen LogP) is 1.88. The van der Waals surface area contributed by atoms with Crippen LogP contribution >= 0.6 is 0 Å². The smallest absolute Gasteiger partial charge is 0.326 e. The lowest BCUT2D eigenvalue weighted by Gasteiger charge is -2.39. The number of carboxylic acid groups (broad SMARTS) is 1. The van der Waals surface area contributed by atoms with Gasteiger partial charge in [0.05, 0.1) is 0 Å². The monoisotopic (exact) mass is 336 g/mol. The molecule has 0 aromatic heterocycles. The van der Waals surface area contributed by atoms with E-state index in [0.29, 0.717) is 38.4 Å². The lowest BCUT2D eigenvalue weighted by atomic mass is 9.76. The first kappa shape index (κ1) is 17.2. The maximum atomic E-state index is 12.5. The van der Waals surface area contributed by atoms with Crippen molar-refractivity contribution in [3.8, 4) is 0 Å². The average molecular weight is 336 g/mol. The van der Waals surface area contributed by atoms with Crippen molar-refractivity contribution in [1.29, 1.82) is 0 Å². The van der Waals surface area contributed by atoms with Crippen LogP contribution in [0.4, 0.5) is 0 Å². The van der Waals surface area contributed by atoms with Gasteiger partial charge in [0, 0.05) is 33.0 Å². The molecule has 1 aliphatic carbocycles. The van der Waals surface area contributed by atoms with Crippen molar-refractivity contribution in [2.24, 2.45) is 11.3 Å². The molecular weight excluding hydrogens is 308 g/mol. The van der Waals surface area contributed by atoms with Crippen LogP contribution in [0.2, 0.25) is 0 Å². The molecule has 2 heterocycles. The summed E-state index contributed by atoms with van der Waals surface area (Å²) in [6.07, 6.45) is 7.65. The Labute approximate surface area is 143 Å². The molecule has 2 aliphatic heterocycles. The van der Waals surface area contributed by atoms with Crippen LogP contribution in [-0.2, 0) is 14.4 Å². The van der Waals surface area contributed by atoms with Crippen LogP contribution in [0.25, 0.3) is 0 Å². The van der Waals surface area contributed by atoms with Gasteiger partial charge in [0.1, 0.15) is 6.04 Å². The Morgan fingerprint density at radius 3 is 2.25 bits per heavy atom. The highest BCUT2D eigenvalue weighted by Crippen LogP contribution is 2.43. The molecule has 3 aliphatic rings. The highest BCUT2D eigenvalue weighted by Gasteiger charge is 2.49. The second-order valence-corrected chi connectivity index (χ2v) is 7.94. The molecule has 134 valence electrons. The Morgan fingerprint density at radius 2 is 1.75 bits per heavy atom. The average Bonchev–Trinajstić information content (AvgIpc) is 3.16. The van der Waals surface area contributed by atoms with E-state index in [-0.39, 0.29) is 17.2 Å². The highest BCUT2D eigenvalue weighted by atomic mass is 16.4. The van der Waals surface area contributed by atoms with E-state index in [4.69, 9.17) is 0 Å². The number of likely N-dealkylation sites (tertiary alicyclic amines) is 2. The summed E-state index contributed by atoms with van der Waals surface area (Å²) in [6, 6.07) is -0.705. The molecule has 1 spiro atoms. The van der Waals surface area contributed by atoms with Crippen LogP contribution < -0.4 is 0 Å². The van der Waals surface area contributed by atoms with Crippen LogP contribution in [0.1, 0.15) is 58.3 Å². The zero-order valence-corrected chi connectivity index (χ0v) is 14.5. The molecule has 6 nitrogen and oxygen atoms in total. The molecule has 2 amide bonds. The van der Waals surface area contributed by atoms with Crippen molar-refractivity contribution >= 4 is 17.8 Å². The number of rotatable bonds is 3. The fourth-order valence-corrected chi connectivity index (χ4v) is 4.79. The highest BCUT2D eigenvalue weighted by molar-refractivity contribution is 5.83. The Morgan fingerprint density at radius 1 is 1.12 bits per heavy atom. The number of carbonyl (C=O) groups excluding carboxylic acids is 2. The molecule has 24 heavy (non-hydrogen) atoms. The van der Waals surface area contributed by atoms with Crippen LogP contribution in [-0.4, -0.2) is 58.4 Å². The van der Waals surface area contributed by atoms with Crippen molar-refractivity contribution in [3.05, 3.63) is 0 Å². The van der Waals surface area contributed by atoms with Gasteiger partial charge in [-0.2, -0.15) is 0 Å². The standard InChI is InChI=1S/C18H28N2O4/c1-13(21)20-12-18(11-15(20)17(23)24)6-8-19(9-7-18)16(22)10-14-4-2-3-5-14/h14-15H,2-12H2,1H3,(H,23,24). The zero-order chi connectivity index (χ0) is 17.3. The maximum absolute atomic E-state index is 12.5. The summed E-state index contributed by atoms with van der Waals surface area (Å²) < 4.78 is 0. The Hall–Kier alpha value is -1.59. The minimum Gasteiger partial charge on any atom is -0.480 e. The first-order valence-corrected chi connectivity index (χ1v) is 9.18. The van der Waals surface area contributed by atoms with Gasteiger partial charge in [-0.15, -0.1) is 0 Å². The maximum Gasteiger partial charge on any atom is 0.326 e. The van der Waals surface area contributed by atoms with Gasteiger partial charge in [-0.25, -0.2) is 4.79 Å². The topological polar surface area (TPSA) is 77.9 Å². The third kappa shape index (κ3) is 3.42. The summed E-state index contributed by atoms with van der Waals surface area (Å²) in [5.74, 6) is -0.266. The number of amides is 2. The van der Waals surface area contributed by atoms with Gasteiger partial charge in [-0.1, -0.05) is 12.8 Å². The fourth-order valence-electron chi connectivity index (χ4n) is 4.79. The van der Waals surface area contributed by atoms with Crippen LogP contribution in [0.15, 0.2) is 0 Å². The van der Waals surface area contributed by atoms with E-state index >= 15 is 0 Å². The van der Waals surface area contributed by atoms with E-state index in [1.807, 2.05) is 4.90 Å². The molecule has 0 aromatic rings. The second kappa shape index (κ2) is 6.73. The lowest BCUT2D eigenvalue weighted by molar-refractivity contribution is -0.147. The third-order valence-corrected chi connectivity index (χ3v) is 6.31. The quantitative estimate of drug-likeness (QED) is 0.853. The fraction of sp³-hybridized carbons (Fsp3) is 0.833. The van der Waals surface area contributed by atoms with Gasteiger partial charge in [0.15, 0.2) is 0 Å². The Bertz CT molecular complexity index is 495.